The Hall–Kier alpha value is -1.10. The number of H-pyrrole nitrogens is 1. The van der Waals surface area contributed by atoms with Crippen molar-refractivity contribution in [1.29, 1.82) is 0 Å². The molecule has 0 radical (unpaired) electrons. The van der Waals surface area contributed by atoms with Crippen molar-refractivity contribution < 1.29 is 4.52 Å². The van der Waals surface area contributed by atoms with Crippen molar-refractivity contribution in [3.63, 3.8) is 0 Å². The van der Waals surface area contributed by atoms with E-state index in [2.05, 4.69) is 14.7 Å². The highest BCUT2D eigenvalue weighted by molar-refractivity contribution is 5.00. The molecule has 3 N–H and O–H groups in total. The van der Waals surface area contributed by atoms with Crippen molar-refractivity contribution in [3.8, 4) is 0 Å². The third kappa shape index (κ3) is 1.40. The molecule has 0 atom stereocenters. The van der Waals surface area contributed by atoms with Crippen molar-refractivity contribution in [2.75, 3.05) is 0 Å². The number of hydrogen-bond acceptors (Lipinski definition) is 4. The molecule has 0 saturated carbocycles. The number of rotatable bonds is 3. The lowest BCUT2D eigenvalue weighted by atomic mass is 9.94. The number of nitrogens with one attached hydrogen (secondary N) is 1. The third-order valence-electron chi connectivity index (χ3n) is 2.17. The lowest BCUT2D eigenvalue weighted by Crippen LogP contribution is -2.36. The van der Waals surface area contributed by atoms with Gasteiger partial charge in [0.15, 0.2) is 5.82 Å². The number of hydrogen-bond donors (Lipinski definition) is 2. The zero-order valence-electron chi connectivity index (χ0n) is 7.26. The quantitative estimate of drug-likeness (QED) is 0.686. The standard InChI is InChI=1S/C7H13N3O2/c1-3-7(8,4-2)5-9-6(11)12-10-5/h3-4,8H2,1-2H3,(H,9,10,11). The minimum Gasteiger partial charge on any atom is -0.319 e. The van der Waals surface area contributed by atoms with Crippen LogP contribution in [0.25, 0.3) is 0 Å². The van der Waals surface area contributed by atoms with Gasteiger partial charge in [0, 0.05) is 0 Å². The highest BCUT2D eigenvalue weighted by Gasteiger charge is 2.27. The predicted octanol–water partition coefficient (Wildman–Crippen LogP) is 0.337. The Labute approximate surface area is 69.9 Å². The van der Waals surface area contributed by atoms with Gasteiger partial charge in [0.1, 0.15) is 0 Å². The summed E-state index contributed by atoms with van der Waals surface area (Å²) in [5.74, 6) is -0.126. The van der Waals surface area contributed by atoms with Crippen LogP contribution in [0.5, 0.6) is 0 Å². The van der Waals surface area contributed by atoms with Crippen LogP contribution < -0.4 is 11.5 Å². The Bertz CT molecular complexity index is 298. The largest absolute Gasteiger partial charge is 0.438 e. The lowest BCUT2D eigenvalue weighted by molar-refractivity contribution is 0.338. The van der Waals surface area contributed by atoms with Crippen molar-refractivity contribution in [1.82, 2.24) is 10.1 Å². The van der Waals surface area contributed by atoms with Crippen LogP contribution in [-0.2, 0) is 5.54 Å². The van der Waals surface area contributed by atoms with E-state index in [-0.39, 0.29) is 0 Å². The molecule has 68 valence electrons. The molecule has 0 spiro atoms. The first-order valence-electron chi connectivity index (χ1n) is 3.97. The number of aromatic nitrogens is 2. The van der Waals surface area contributed by atoms with Gasteiger partial charge in [-0.15, -0.1) is 0 Å². The first-order valence-corrected chi connectivity index (χ1v) is 3.97. The molecule has 0 saturated heterocycles. The van der Waals surface area contributed by atoms with Crippen LogP contribution in [-0.4, -0.2) is 10.1 Å². The summed E-state index contributed by atoms with van der Waals surface area (Å²) in [6, 6.07) is 0. The Kier molecular flexibility index (Phi) is 2.32. The normalized spacial score (nSPS) is 11.9. The molecule has 12 heavy (non-hydrogen) atoms. The van der Waals surface area contributed by atoms with Crippen LogP contribution in [0.2, 0.25) is 0 Å². The van der Waals surface area contributed by atoms with E-state index < -0.39 is 11.3 Å². The molecule has 0 fully saturated rings. The average molecular weight is 171 g/mol. The Morgan fingerprint density at radius 3 is 2.50 bits per heavy atom. The monoisotopic (exact) mass is 171 g/mol. The van der Waals surface area contributed by atoms with Crippen LogP contribution in [0.3, 0.4) is 0 Å². The second-order valence-corrected chi connectivity index (χ2v) is 2.81. The molecule has 0 aliphatic carbocycles. The van der Waals surface area contributed by atoms with Crippen LogP contribution in [0.1, 0.15) is 32.5 Å². The summed E-state index contributed by atoms with van der Waals surface area (Å²) in [5.41, 5.74) is 5.38. The van der Waals surface area contributed by atoms with E-state index in [0.717, 1.165) is 0 Å². The SMILES string of the molecule is CCC(N)(CC)c1noc(=O)[nH]1. The molecule has 1 heterocycles. The van der Waals surface area contributed by atoms with Gasteiger partial charge in [-0.2, -0.15) is 0 Å². The number of nitrogens with two attached hydrogens (primary N) is 1. The van der Waals surface area contributed by atoms with Gasteiger partial charge >= 0.3 is 5.76 Å². The van der Waals surface area contributed by atoms with E-state index in [1.165, 1.54) is 0 Å². The molecule has 0 aliphatic rings. The minimum atomic E-state index is -0.563. The molecular formula is C7H13N3O2. The molecule has 0 amide bonds. The van der Waals surface area contributed by atoms with Crippen molar-refractivity contribution in [2.45, 2.75) is 32.2 Å². The Balaban J connectivity index is 3.02. The Morgan fingerprint density at radius 1 is 1.58 bits per heavy atom. The molecule has 0 aromatic carbocycles. The molecule has 5 nitrogen and oxygen atoms in total. The maximum absolute atomic E-state index is 10.6. The topological polar surface area (TPSA) is 84.9 Å². The fourth-order valence-electron chi connectivity index (χ4n) is 1.03. The summed E-state index contributed by atoms with van der Waals surface area (Å²) >= 11 is 0. The van der Waals surface area contributed by atoms with Crippen LogP contribution in [0.4, 0.5) is 0 Å². The summed E-state index contributed by atoms with van der Waals surface area (Å²) < 4.78 is 4.37. The number of aromatic amines is 1. The third-order valence-corrected chi connectivity index (χ3v) is 2.17. The number of nitrogens with zero attached hydrogens (tertiary/aromatic N) is 1. The van der Waals surface area contributed by atoms with Crippen LogP contribution >= 0.6 is 0 Å². The maximum Gasteiger partial charge on any atom is 0.438 e. The Morgan fingerprint density at radius 2 is 2.17 bits per heavy atom. The van der Waals surface area contributed by atoms with Gasteiger partial charge in [-0.05, 0) is 12.8 Å². The average Bonchev–Trinajstić information content (AvgIpc) is 2.51. The highest BCUT2D eigenvalue weighted by atomic mass is 16.5. The molecule has 5 heteroatoms. The van der Waals surface area contributed by atoms with Crippen LogP contribution in [0.15, 0.2) is 9.32 Å². The van der Waals surface area contributed by atoms with E-state index >= 15 is 0 Å². The van der Waals surface area contributed by atoms with E-state index in [9.17, 15) is 4.79 Å². The van der Waals surface area contributed by atoms with Crippen LogP contribution in [0, 0.1) is 0 Å². The van der Waals surface area contributed by atoms with Gasteiger partial charge < -0.3 is 5.73 Å². The van der Waals surface area contributed by atoms with Crippen molar-refractivity contribution >= 4 is 0 Å². The highest BCUT2D eigenvalue weighted by Crippen LogP contribution is 2.20. The maximum atomic E-state index is 10.6. The van der Waals surface area contributed by atoms with Crippen molar-refractivity contribution in [2.24, 2.45) is 5.73 Å². The summed E-state index contributed by atoms with van der Waals surface area (Å²) in [6.45, 7) is 3.88. The van der Waals surface area contributed by atoms with Gasteiger partial charge in [0.05, 0.1) is 5.54 Å². The zero-order valence-corrected chi connectivity index (χ0v) is 7.26. The van der Waals surface area contributed by atoms with Gasteiger partial charge in [-0.25, -0.2) is 4.79 Å². The summed E-state index contributed by atoms with van der Waals surface area (Å²) in [6.07, 6.45) is 1.43. The van der Waals surface area contributed by atoms with E-state index in [0.29, 0.717) is 18.7 Å². The van der Waals surface area contributed by atoms with Gasteiger partial charge in [-0.1, -0.05) is 19.0 Å². The summed E-state index contributed by atoms with van der Waals surface area (Å²) in [4.78, 5) is 13.1. The molecule has 1 aromatic heterocycles. The fraction of sp³-hybridized carbons (Fsp3) is 0.714. The van der Waals surface area contributed by atoms with E-state index in [4.69, 9.17) is 5.73 Å². The molecular weight excluding hydrogens is 158 g/mol. The first kappa shape index (κ1) is 8.99. The van der Waals surface area contributed by atoms with Gasteiger partial charge in [-0.3, -0.25) is 9.51 Å². The molecule has 0 aliphatic heterocycles. The molecule has 1 rings (SSSR count). The fourth-order valence-corrected chi connectivity index (χ4v) is 1.03. The van der Waals surface area contributed by atoms with Crippen molar-refractivity contribution in [3.05, 3.63) is 16.4 Å². The van der Waals surface area contributed by atoms with E-state index in [1.54, 1.807) is 0 Å². The second kappa shape index (κ2) is 3.10. The molecule has 0 unspecified atom stereocenters. The van der Waals surface area contributed by atoms with E-state index in [1.807, 2.05) is 13.8 Å². The smallest absolute Gasteiger partial charge is 0.319 e. The summed E-state index contributed by atoms with van der Waals surface area (Å²) in [7, 11) is 0. The predicted molar refractivity (Wildman–Crippen MR) is 43.6 cm³/mol. The van der Waals surface area contributed by atoms with Gasteiger partial charge in [0.25, 0.3) is 0 Å². The molecule has 0 bridgehead atoms. The minimum absolute atomic E-state index is 0.428. The summed E-state index contributed by atoms with van der Waals surface area (Å²) in [5, 5.41) is 3.56. The lowest BCUT2D eigenvalue weighted by Gasteiger charge is -2.21. The van der Waals surface area contributed by atoms with Gasteiger partial charge in [0.2, 0.25) is 0 Å². The molecule has 1 aromatic rings. The first-order chi connectivity index (χ1) is 5.62. The second-order valence-electron chi connectivity index (χ2n) is 2.81. The zero-order chi connectivity index (χ0) is 9.19.